The zero-order valence-electron chi connectivity index (χ0n) is 10.9. The Morgan fingerprint density at radius 2 is 2.10 bits per heavy atom. The van der Waals surface area contributed by atoms with Crippen molar-refractivity contribution in [1.82, 2.24) is 5.32 Å². The minimum atomic E-state index is -4.19. The summed E-state index contributed by atoms with van der Waals surface area (Å²) in [7, 11) is -0.0579. The zero-order valence-corrected chi connectivity index (χ0v) is 14.8. The van der Waals surface area contributed by atoms with Crippen molar-refractivity contribution in [3.63, 3.8) is 0 Å². The maximum absolute atomic E-state index is 13.4. The first-order valence-electron chi connectivity index (χ1n) is 5.73. The summed E-state index contributed by atoms with van der Waals surface area (Å²) in [6.07, 6.45) is 0. The van der Waals surface area contributed by atoms with Gasteiger partial charge in [0.2, 0.25) is 0 Å². The number of carbonyl (C=O) groups is 1. The molecule has 1 unspecified atom stereocenters. The molecule has 0 aliphatic rings. The Bertz CT molecular complexity index is 681. The molecule has 0 saturated heterocycles. The summed E-state index contributed by atoms with van der Waals surface area (Å²) in [5.74, 6) is -0.861. The molecule has 1 rings (SSSR count). The molecular weight excluding hydrogens is 409 g/mol. The highest BCUT2D eigenvalue weighted by Gasteiger charge is 2.22. The van der Waals surface area contributed by atoms with Crippen molar-refractivity contribution < 1.29 is 21.8 Å². The first-order valence-corrected chi connectivity index (χ1v) is 10.3. The van der Waals surface area contributed by atoms with Crippen LogP contribution in [0.1, 0.15) is 17.3 Å². The first-order chi connectivity index (χ1) is 9.66. The highest BCUT2D eigenvalue weighted by atomic mass is 79.9. The third-order valence-electron chi connectivity index (χ3n) is 2.45. The van der Waals surface area contributed by atoms with Gasteiger partial charge in [-0.1, -0.05) is 6.92 Å². The van der Waals surface area contributed by atoms with Crippen LogP contribution in [-0.2, 0) is 19.9 Å². The van der Waals surface area contributed by atoms with Gasteiger partial charge >= 0.3 is 0 Å². The molecule has 1 atom stereocenters. The van der Waals surface area contributed by atoms with Crippen LogP contribution in [0.4, 0.5) is 4.39 Å². The van der Waals surface area contributed by atoms with Crippen LogP contribution < -0.4 is 5.32 Å². The molecule has 0 heterocycles. The number of amides is 1. The number of benzene rings is 1. The second kappa shape index (κ2) is 7.66. The van der Waals surface area contributed by atoms with E-state index in [0.717, 1.165) is 12.1 Å². The van der Waals surface area contributed by atoms with Gasteiger partial charge < -0.3 is 5.32 Å². The highest BCUT2D eigenvalue weighted by molar-refractivity contribution is 9.10. The van der Waals surface area contributed by atoms with Gasteiger partial charge in [0.25, 0.3) is 15.0 Å². The Labute approximate surface area is 137 Å². The fourth-order valence-corrected chi connectivity index (χ4v) is 4.31. The molecule has 10 heteroatoms. The van der Waals surface area contributed by atoms with Gasteiger partial charge in [0.15, 0.2) is 0 Å². The van der Waals surface area contributed by atoms with E-state index in [-0.39, 0.29) is 22.3 Å². The number of hydrogen-bond donors (Lipinski definition) is 1. The zero-order chi connectivity index (χ0) is 16.2. The fourth-order valence-electron chi connectivity index (χ4n) is 1.42. The summed E-state index contributed by atoms with van der Waals surface area (Å²) in [4.78, 5) is 11.4. The quantitative estimate of drug-likeness (QED) is 0.714. The van der Waals surface area contributed by atoms with Crippen LogP contribution in [0.5, 0.6) is 0 Å². The summed E-state index contributed by atoms with van der Waals surface area (Å²) in [5, 5.41) is 2.44. The van der Waals surface area contributed by atoms with Crippen molar-refractivity contribution in [2.24, 2.45) is 0 Å². The van der Waals surface area contributed by atoms with Gasteiger partial charge in [-0.2, -0.15) is 0 Å². The SMILES string of the molecule is CCS(=O)CCNC(=O)c1cc(F)cc(S(=O)(=O)Cl)c1Br. The number of carbonyl (C=O) groups excluding carboxylic acids is 1. The van der Waals surface area contributed by atoms with Crippen LogP contribution in [0, 0.1) is 5.82 Å². The molecule has 1 amide bonds. The van der Waals surface area contributed by atoms with Gasteiger partial charge in [-0.15, -0.1) is 0 Å². The molecule has 0 spiro atoms. The van der Waals surface area contributed by atoms with E-state index in [1.165, 1.54) is 0 Å². The van der Waals surface area contributed by atoms with E-state index < -0.39 is 36.5 Å². The molecule has 0 saturated carbocycles. The second-order valence-corrected chi connectivity index (χ2v) is 9.08. The molecule has 0 fully saturated rings. The van der Waals surface area contributed by atoms with E-state index >= 15 is 0 Å². The number of hydrogen-bond acceptors (Lipinski definition) is 4. The lowest BCUT2D eigenvalue weighted by Gasteiger charge is -2.09. The molecule has 21 heavy (non-hydrogen) atoms. The molecule has 1 aromatic carbocycles. The molecule has 0 bridgehead atoms. The molecular formula is C11H12BrClFNO4S2. The summed E-state index contributed by atoms with van der Waals surface area (Å²) >= 11 is 2.94. The van der Waals surface area contributed by atoms with Crippen molar-refractivity contribution in [3.8, 4) is 0 Å². The third kappa shape index (κ3) is 5.32. The maximum Gasteiger partial charge on any atom is 0.262 e. The highest BCUT2D eigenvalue weighted by Crippen LogP contribution is 2.29. The molecule has 1 N–H and O–H groups in total. The van der Waals surface area contributed by atoms with E-state index in [1.54, 1.807) is 6.92 Å². The second-order valence-electron chi connectivity index (χ2n) is 3.89. The van der Waals surface area contributed by atoms with Crippen molar-refractivity contribution in [1.29, 1.82) is 0 Å². The Kier molecular flexibility index (Phi) is 6.76. The van der Waals surface area contributed by atoms with Crippen LogP contribution in [0.15, 0.2) is 21.5 Å². The maximum atomic E-state index is 13.4. The lowest BCUT2D eigenvalue weighted by Crippen LogP contribution is -2.28. The summed E-state index contributed by atoms with van der Waals surface area (Å²) in [6, 6.07) is 1.61. The van der Waals surface area contributed by atoms with Crippen LogP contribution in [0.2, 0.25) is 0 Å². The van der Waals surface area contributed by atoms with Gasteiger partial charge in [0.1, 0.15) is 10.7 Å². The Morgan fingerprint density at radius 1 is 1.48 bits per heavy atom. The van der Waals surface area contributed by atoms with Crippen molar-refractivity contribution in [2.45, 2.75) is 11.8 Å². The van der Waals surface area contributed by atoms with E-state index in [4.69, 9.17) is 10.7 Å². The third-order valence-corrected chi connectivity index (χ3v) is 6.21. The predicted molar refractivity (Wildman–Crippen MR) is 83.0 cm³/mol. The number of nitrogens with one attached hydrogen (secondary N) is 1. The van der Waals surface area contributed by atoms with Crippen LogP contribution in [0.25, 0.3) is 0 Å². The van der Waals surface area contributed by atoms with E-state index in [1.807, 2.05) is 0 Å². The minimum Gasteiger partial charge on any atom is -0.351 e. The standard InChI is InChI=1S/C11H12BrClFNO4S2/c1-2-20(17)4-3-15-11(16)8-5-7(14)6-9(10(8)12)21(13,18)19/h5-6H,2-4H2,1H3,(H,15,16). The molecule has 0 aromatic heterocycles. The lowest BCUT2D eigenvalue weighted by atomic mass is 10.2. The van der Waals surface area contributed by atoms with Crippen LogP contribution in [0.3, 0.4) is 0 Å². The topological polar surface area (TPSA) is 80.3 Å². The molecule has 118 valence electrons. The average molecular weight is 421 g/mol. The normalized spacial score (nSPS) is 13.0. The fraction of sp³-hybridized carbons (Fsp3) is 0.364. The van der Waals surface area contributed by atoms with Gasteiger partial charge in [0.05, 0.1) is 10.0 Å². The average Bonchev–Trinajstić information content (AvgIpc) is 2.39. The van der Waals surface area contributed by atoms with Crippen molar-refractivity contribution in [2.75, 3.05) is 18.1 Å². The first kappa shape index (κ1) is 18.5. The lowest BCUT2D eigenvalue weighted by molar-refractivity contribution is 0.0954. The Hall–Kier alpha value is -0.510. The molecule has 0 aliphatic heterocycles. The largest absolute Gasteiger partial charge is 0.351 e. The Balaban J connectivity index is 3.00. The molecule has 1 aromatic rings. The van der Waals surface area contributed by atoms with Crippen LogP contribution in [-0.4, -0.2) is 36.6 Å². The molecule has 0 radical (unpaired) electrons. The molecule has 0 aliphatic carbocycles. The summed E-state index contributed by atoms with van der Waals surface area (Å²) in [6.45, 7) is 1.88. The van der Waals surface area contributed by atoms with E-state index in [2.05, 4.69) is 21.2 Å². The van der Waals surface area contributed by atoms with Gasteiger partial charge in [-0.3, -0.25) is 9.00 Å². The number of halogens is 3. The van der Waals surface area contributed by atoms with Crippen molar-refractivity contribution >= 4 is 52.4 Å². The van der Waals surface area contributed by atoms with Crippen molar-refractivity contribution in [3.05, 3.63) is 28.0 Å². The number of rotatable bonds is 6. The van der Waals surface area contributed by atoms with E-state index in [9.17, 15) is 21.8 Å². The molecule has 5 nitrogen and oxygen atoms in total. The van der Waals surface area contributed by atoms with Gasteiger partial charge in [-0.05, 0) is 28.1 Å². The van der Waals surface area contributed by atoms with Crippen LogP contribution >= 0.6 is 26.6 Å². The summed E-state index contributed by atoms with van der Waals surface area (Å²) < 4.78 is 47.2. The van der Waals surface area contributed by atoms with Gasteiger partial charge in [-0.25, -0.2) is 12.8 Å². The monoisotopic (exact) mass is 419 g/mol. The predicted octanol–water partition coefficient (Wildman–Crippen LogP) is 2.01. The Morgan fingerprint density at radius 3 is 2.62 bits per heavy atom. The van der Waals surface area contributed by atoms with E-state index in [0.29, 0.717) is 5.75 Å². The van der Waals surface area contributed by atoms with Gasteiger partial charge in [0, 0.05) is 39.5 Å². The minimum absolute atomic E-state index is 0.118. The smallest absolute Gasteiger partial charge is 0.262 e. The summed E-state index contributed by atoms with van der Waals surface area (Å²) in [5.41, 5.74) is -0.198.